The Morgan fingerprint density at radius 2 is 2.07 bits per heavy atom. The van der Waals surface area contributed by atoms with Crippen LogP contribution in [0.2, 0.25) is 5.02 Å². The highest BCUT2D eigenvalue weighted by atomic mass is 35.5. The number of rotatable bonds is 2. The smallest absolute Gasteiger partial charge is 0.429 e. The third-order valence-corrected chi connectivity index (χ3v) is 2.58. The van der Waals surface area contributed by atoms with Crippen molar-refractivity contribution in [3.63, 3.8) is 0 Å². The van der Waals surface area contributed by atoms with E-state index in [9.17, 15) is 4.79 Å². The molecule has 1 heterocycles. The average Bonchev–Trinajstić information content (AvgIpc) is 2.62. The molecule has 1 aliphatic rings. The maximum atomic E-state index is 10.9. The third kappa shape index (κ3) is 1.70. The van der Waals surface area contributed by atoms with Gasteiger partial charge >= 0.3 is 6.16 Å². The molecule has 0 unspecified atom stereocenters. The van der Waals surface area contributed by atoms with Crippen molar-refractivity contribution in [1.29, 1.82) is 0 Å². The van der Waals surface area contributed by atoms with Gasteiger partial charge in [-0.25, -0.2) is 4.79 Å². The molecular formula is C11H9ClO3. The number of carbonyl (C=O) groups is 1. The summed E-state index contributed by atoms with van der Waals surface area (Å²) in [5, 5.41) is 0.628. The molecule has 15 heavy (non-hydrogen) atoms. The van der Waals surface area contributed by atoms with Gasteiger partial charge in [-0.05, 0) is 18.2 Å². The molecule has 0 radical (unpaired) electrons. The minimum absolute atomic E-state index is 0.150. The predicted molar refractivity (Wildman–Crippen MR) is 55.8 cm³/mol. The first-order valence-electron chi connectivity index (χ1n) is 4.42. The SMILES string of the molecule is C=C[C@]1(c2ccc(Cl)cc2)COC(=O)O1. The molecule has 1 atom stereocenters. The van der Waals surface area contributed by atoms with Crippen molar-refractivity contribution < 1.29 is 14.3 Å². The summed E-state index contributed by atoms with van der Waals surface area (Å²) < 4.78 is 9.88. The molecular weight excluding hydrogens is 216 g/mol. The first kappa shape index (κ1) is 10.1. The van der Waals surface area contributed by atoms with Gasteiger partial charge < -0.3 is 9.47 Å². The lowest BCUT2D eigenvalue weighted by molar-refractivity contribution is 0.0888. The fraction of sp³-hybridized carbons (Fsp3) is 0.182. The molecule has 1 saturated heterocycles. The van der Waals surface area contributed by atoms with Crippen LogP contribution in [0.3, 0.4) is 0 Å². The molecule has 0 aliphatic carbocycles. The fourth-order valence-corrected chi connectivity index (χ4v) is 1.59. The summed E-state index contributed by atoms with van der Waals surface area (Å²) in [5.41, 5.74) is -0.0745. The van der Waals surface area contributed by atoms with Crippen molar-refractivity contribution in [2.45, 2.75) is 5.60 Å². The molecule has 0 saturated carbocycles. The van der Waals surface area contributed by atoms with Gasteiger partial charge in [0, 0.05) is 10.6 Å². The van der Waals surface area contributed by atoms with Crippen molar-refractivity contribution in [3.05, 3.63) is 47.5 Å². The highest BCUT2D eigenvalue weighted by Crippen LogP contribution is 2.33. The van der Waals surface area contributed by atoms with Crippen LogP contribution in [-0.4, -0.2) is 12.8 Å². The van der Waals surface area contributed by atoms with Gasteiger partial charge in [0.1, 0.15) is 6.61 Å². The number of hydrogen-bond donors (Lipinski definition) is 0. The first-order chi connectivity index (χ1) is 7.16. The highest BCUT2D eigenvalue weighted by Gasteiger charge is 2.41. The lowest BCUT2D eigenvalue weighted by atomic mass is 9.95. The number of ether oxygens (including phenoxy) is 2. The van der Waals surface area contributed by atoms with Crippen molar-refractivity contribution in [3.8, 4) is 0 Å². The molecule has 0 N–H and O–H groups in total. The Labute approximate surface area is 92.3 Å². The van der Waals surface area contributed by atoms with E-state index in [-0.39, 0.29) is 6.61 Å². The van der Waals surface area contributed by atoms with Crippen LogP contribution < -0.4 is 0 Å². The molecule has 78 valence electrons. The predicted octanol–water partition coefficient (Wildman–Crippen LogP) is 2.89. The maximum Gasteiger partial charge on any atom is 0.509 e. The van der Waals surface area contributed by atoms with Crippen LogP contribution in [0.25, 0.3) is 0 Å². The lowest BCUT2D eigenvalue weighted by Crippen LogP contribution is -2.25. The van der Waals surface area contributed by atoms with E-state index in [1.807, 2.05) is 0 Å². The Morgan fingerprint density at radius 1 is 1.40 bits per heavy atom. The van der Waals surface area contributed by atoms with Gasteiger partial charge in [-0.3, -0.25) is 0 Å². The summed E-state index contributed by atoms with van der Waals surface area (Å²) in [6.07, 6.45) is 0.881. The largest absolute Gasteiger partial charge is 0.509 e. The summed E-state index contributed by atoms with van der Waals surface area (Å²) >= 11 is 5.77. The normalized spacial score (nSPS) is 24.5. The van der Waals surface area contributed by atoms with Crippen molar-refractivity contribution in [2.24, 2.45) is 0 Å². The van der Waals surface area contributed by atoms with Crippen LogP contribution in [0.1, 0.15) is 5.56 Å². The van der Waals surface area contributed by atoms with Crippen molar-refractivity contribution in [1.82, 2.24) is 0 Å². The maximum absolute atomic E-state index is 10.9. The molecule has 1 aromatic rings. The van der Waals surface area contributed by atoms with Gasteiger partial charge in [-0.15, -0.1) is 0 Å². The number of hydrogen-bond acceptors (Lipinski definition) is 3. The average molecular weight is 225 g/mol. The second kappa shape index (κ2) is 3.59. The van der Waals surface area contributed by atoms with E-state index in [4.69, 9.17) is 21.1 Å². The molecule has 0 bridgehead atoms. The van der Waals surface area contributed by atoms with Crippen LogP contribution in [0.5, 0.6) is 0 Å². The highest BCUT2D eigenvalue weighted by molar-refractivity contribution is 6.30. The van der Waals surface area contributed by atoms with E-state index >= 15 is 0 Å². The minimum atomic E-state index is -0.873. The summed E-state index contributed by atoms with van der Waals surface area (Å²) in [6.45, 7) is 3.81. The molecule has 3 nitrogen and oxygen atoms in total. The number of cyclic esters (lactones) is 2. The molecule has 1 aliphatic heterocycles. The summed E-state index contributed by atoms with van der Waals surface area (Å²) in [5.74, 6) is 0. The minimum Gasteiger partial charge on any atom is -0.429 e. The van der Waals surface area contributed by atoms with Gasteiger partial charge in [0.25, 0.3) is 0 Å². The van der Waals surface area contributed by atoms with E-state index in [2.05, 4.69) is 6.58 Å². The van der Waals surface area contributed by atoms with Crippen LogP contribution >= 0.6 is 11.6 Å². The fourth-order valence-electron chi connectivity index (χ4n) is 1.47. The topological polar surface area (TPSA) is 35.5 Å². The Kier molecular flexibility index (Phi) is 2.40. The summed E-state index contributed by atoms with van der Waals surface area (Å²) in [6, 6.07) is 7.03. The molecule has 0 aromatic heterocycles. The Hall–Kier alpha value is -1.48. The van der Waals surface area contributed by atoms with Gasteiger partial charge in [0.2, 0.25) is 0 Å². The van der Waals surface area contributed by atoms with Gasteiger partial charge in [0.15, 0.2) is 5.60 Å². The molecule has 0 amide bonds. The van der Waals surface area contributed by atoms with E-state index in [0.29, 0.717) is 5.02 Å². The summed E-state index contributed by atoms with van der Waals surface area (Å²) in [7, 11) is 0. The summed E-state index contributed by atoms with van der Waals surface area (Å²) in [4.78, 5) is 10.9. The zero-order valence-electron chi connectivity index (χ0n) is 7.90. The standard InChI is InChI=1S/C11H9ClO3/c1-2-11(7-14-10(13)15-11)8-3-5-9(12)6-4-8/h2-6H,1,7H2/t11-/m1/s1. The van der Waals surface area contributed by atoms with Crippen LogP contribution in [0.15, 0.2) is 36.9 Å². The van der Waals surface area contributed by atoms with Gasteiger partial charge in [0.05, 0.1) is 0 Å². The molecule has 2 rings (SSSR count). The lowest BCUT2D eigenvalue weighted by Gasteiger charge is -2.20. The molecule has 1 aromatic carbocycles. The first-order valence-corrected chi connectivity index (χ1v) is 4.79. The molecule has 0 spiro atoms. The Bertz CT molecular complexity index is 399. The van der Waals surface area contributed by atoms with Crippen LogP contribution in [0.4, 0.5) is 4.79 Å². The monoisotopic (exact) mass is 224 g/mol. The number of benzene rings is 1. The van der Waals surface area contributed by atoms with E-state index in [0.717, 1.165) is 5.56 Å². The Balaban J connectivity index is 2.38. The number of carbonyl (C=O) groups excluding carboxylic acids is 1. The van der Waals surface area contributed by atoms with E-state index < -0.39 is 11.8 Å². The van der Waals surface area contributed by atoms with Crippen LogP contribution in [-0.2, 0) is 15.1 Å². The van der Waals surface area contributed by atoms with Gasteiger partial charge in [-0.2, -0.15) is 0 Å². The third-order valence-electron chi connectivity index (χ3n) is 2.33. The van der Waals surface area contributed by atoms with Crippen LogP contribution in [0, 0.1) is 0 Å². The van der Waals surface area contributed by atoms with E-state index in [1.54, 1.807) is 30.3 Å². The van der Waals surface area contributed by atoms with Crippen molar-refractivity contribution >= 4 is 17.8 Å². The second-order valence-electron chi connectivity index (χ2n) is 3.24. The second-order valence-corrected chi connectivity index (χ2v) is 3.68. The van der Waals surface area contributed by atoms with E-state index in [1.165, 1.54) is 0 Å². The zero-order valence-corrected chi connectivity index (χ0v) is 8.66. The zero-order chi connectivity index (χ0) is 10.9. The van der Waals surface area contributed by atoms with Gasteiger partial charge in [-0.1, -0.05) is 30.3 Å². The van der Waals surface area contributed by atoms with Crippen molar-refractivity contribution in [2.75, 3.05) is 6.61 Å². The quantitative estimate of drug-likeness (QED) is 0.572. The molecule has 4 heteroatoms. The molecule has 1 fully saturated rings. The number of halogens is 1. The Morgan fingerprint density at radius 3 is 2.53 bits per heavy atom.